The topological polar surface area (TPSA) is 65.0 Å². The number of tetrazole rings is 1. The fourth-order valence-corrected chi connectivity index (χ4v) is 1.25. The lowest BCUT2D eigenvalue weighted by Crippen LogP contribution is -2.05. The number of aromatic amines is 1. The molecule has 86 valence electrons. The molecule has 6 nitrogen and oxygen atoms in total. The largest absolute Gasteiger partial charge is 0.382 e. The number of methoxy groups -OCH3 is 1. The zero-order chi connectivity index (χ0) is 10.9. The molecule has 15 heavy (non-hydrogen) atoms. The van der Waals surface area contributed by atoms with E-state index in [1.807, 2.05) is 0 Å². The normalized spacial score (nSPS) is 10.7. The van der Waals surface area contributed by atoms with Crippen LogP contribution in [0.1, 0.15) is 12.8 Å². The van der Waals surface area contributed by atoms with Gasteiger partial charge in [-0.15, -0.1) is 0 Å². The van der Waals surface area contributed by atoms with Crippen LogP contribution in [0, 0.1) is 4.77 Å². The third-order valence-corrected chi connectivity index (χ3v) is 2.19. The molecule has 0 aliphatic rings. The van der Waals surface area contributed by atoms with Crippen molar-refractivity contribution in [2.75, 3.05) is 26.9 Å². The summed E-state index contributed by atoms with van der Waals surface area (Å²) < 4.78 is 12.4. The first-order valence-electron chi connectivity index (χ1n) is 4.89. The molecule has 1 rings (SSSR count). The van der Waals surface area contributed by atoms with Crippen molar-refractivity contribution in [3.8, 4) is 0 Å². The number of nitrogens with one attached hydrogen (secondary N) is 1. The number of H-pyrrole nitrogens is 1. The quantitative estimate of drug-likeness (QED) is 0.530. The molecule has 7 heteroatoms. The Hall–Kier alpha value is -0.790. The lowest BCUT2D eigenvalue weighted by molar-refractivity contribution is 0.0683. The molecule has 0 radical (unpaired) electrons. The first kappa shape index (κ1) is 12.3. The number of aromatic nitrogens is 4. The van der Waals surface area contributed by atoms with E-state index in [0.29, 0.717) is 18.0 Å². The minimum Gasteiger partial charge on any atom is -0.382 e. The smallest absolute Gasteiger partial charge is 0.238 e. The van der Waals surface area contributed by atoms with E-state index in [0.717, 1.165) is 26.0 Å². The highest BCUT2D eigenvalue weighted by Gasteiger charge is 1.95. The molecule has 1 N–H and O–H groups in total. The Morgan fingerprint density at radius 2 is 2.20 bits per heavy atom. The van der Waals surface area contributed by atoms with Crippen molar-refractivity contribution in [3.05, 3.63) is 4.77 Å². The molecule has 0 spiro atoms. The van der Waals surface area contributed by atoms with Crippen LogP contribution in [0.4, 0.5) is 0 Å². The molecule has 0 aromatic carbocycles. The summed E-state index contributed by atoms with van der Waals surface area (Å²) >= 11 is 4.93. The van der Waals surface area contributed by atoms with Crippen LogP contribution in [-0.2, 0) is 16.0 Å². The number of hydrogen-bond acceptors (Lipinski definition) is 5. The summed E-state index contributed by atoms with van der Waals surface area (Å²) in [6.45, 7) is 2.86. The van der Waals surface area contributed by atoms with E-state index in [1.54, 1.807) is 11.8 Å². The SMILES string of the molecule is COCCOCCCCn1[nH]nnc1=S. The van der Waals surface area contributed by atoms with Crippen molar-refractivity contribution in [3.63, 3.8) is 0 Å². The van der Waals surface area contributed by atoms with Gasteiger partial charge in [-0.3, -0.25) is 0 Å². The summed E-state index contributed by atoms with van der Waals surface area (Å²) in [4.78, 5) is 0. The van der Waals surface area contributed by atoms with E-state index in [2.05, 4.69) is 15.5 Å². The van der Waals surface area contributed by atoms with E-state index in [-0.39, 0.29) is 0 Å². The van der Waals surface area contributed by atoms with Crippen LogP contribution in [0.2, 0.25) is 0 Å². The Morgan fingerprint density at radius 3 is 2.87 bits per heavy atom. The number of rotatable bonds is 8. The summed E-state index contributed by atoms with van der Waals surface area (Å²) in [5.41, 5.74) is 0. The molecule has 0 aliphatic carbocycles. The Kier molecular flexibility index (Phi) is 6.14. The molecule has 0 amide bonds. The lowest BCUT2D eigenvalue weighted by atomic mass is 10.3. The summed E-state index contributed by atoms with van der Waals surface area (Å²) in [7, 11) is 1.66. The molecule has 1 heterocycles. The highest BCUT2D eigenvalue weighted by Crippen LogP contribution is 1.94. The predicted molar refractivity (Wildman–Crippen MR) is 57.1 cm³/mol. The standard InChI is InChI=1S/C8H16N4O2S/c1-13-6-7-14-5-3-2-4-12-8(15)9-10-11-12/h2-7H2,1H3,(H,9,11,15). The number of hydrogen-bond donors (Lipinski definition) is 1. The predicted octanol–water partition coefficient (Wildman–Crippen LogP) is 0.779. The molecule has 0 bridgehead atoms. The summed E-state index contributed by atoms with van der Waals surface area (Å²) in [6, 6.07) is 0. The van der Waals surface area contributed by atoms with Gasteiger partial charge in [0.05, 0.1) is 13.2 Å². The second-order valence-electron chi connectivity index (χ2n) is 3.05. The second-order valence-corrected chi connectivity index (χ2v) is 3.41. The minimum absolute atomic E-state index is 0.496. The molecule has 0 saturated carbocycles. The molecule has 0 atom stereocenters. The molecule has 0 aliphatic heterocycles. The van der Waals surface area contributed by atoms with Gasteiger partial charge in [-0.2, -0.15) is 5.21 Å². The van der Waals surface area contributed by atoms with Crippen LogP contribution in [0.5, 0.6) is 0 Å². The van der Waals surface area contributed by atoms with Crippen molar-refractivity contribution < 1.29 is 9.47 Å². The lowest BCUT2D eigenvalue weighted by Gasteiger charge is -2.03. The third-order valence-electron chi connectivity index (χ3n) is 1.88. The molecule has 1 aromatic heterocycles. The first-order chi connectivity index (χ1) is 7.34. The van der Waals surface area contributed by atoms with Gasteiger partial charge < -0.3 is 9.47 Å². The van der Waals surface area contributed by atoms with Crippen LogP contribution in [0.25, 0.3) is 0 Å². The van der Waals surface area contributed by atoms with Crippen LogP contribution in [0.15, 0.2) is 0 Å². The molecule has 0 unspecified atom stereocenters. The monoisotopic (exact) mass is 232 g/mol. The fraction of sp³-hybridized carbons (Fsp3) is 0.875. The van der Waals surface area contributed by atoms with Crippen LogP contribution in [0.3, 0.4) is 0 Å². The maximum atomic E-state index is 5.32. The van der Waals surface area contributed by atoms with E-state index in [1.165, 1.54) is 0 Å². The number of aryl methyl sites for hydroxylation is 1. The molecule has 0 fully saturated rings. The Morgan fingerprint density at radius 1 is 1.33 bits per heavy atom. The Balaban J connectivity index is 1.98. The summed E-state index contributed by atoms with van der Waals surface area (Å²) in [5.74, 6) is 0. The van der Waals surface area contributed by atoms with Gasteiger partial charge >= 0.3 is 0 Å². The van der Waals surface area contributed by atoms with Gasteiger partial charge in [0.25, 0.3) is 0 Å². The fourth-order valence-electron chi connectivity index (χ4n) is 1.08. The van der Waals surface area contributed by atoms with Crippen LogP contribution >= 0.6 is 12.2 Å². The van der Waals surface area contributed by atoms with Crippen molar-refractivity contribution >= 4 is 12.2 Å². The molecule has 1 aromatic rings. The second kappa shape index (κ2) is 7.49. The van der Waals surface area contributed by atoms with Crippen molar-refractivity contribution in [2.45, 2.75) is 19.4 Å². The van der Waals surface area contributed by atoms with Gasteiger partial charge in [-0.1, -0.05) is 10.3 Å². The van der Waals surface area contributed by atoms with Crippen molar-refractivity contribution in [2.24, 2.45) is 0 Å². The van der Waals surface area contributed by atoms with E-state index < -0.39 is 0 Å². The average molecular weight is 232 g/mol. The number of unbranched alkanes of at least 4 members (excludes halogenated alkanes) is 1. The van der Waals surface area contributed by atoms with Crippen LogP contribution < -0.4 is 0 Å². The van der Waals surface area contributed by atoms with E-state index in [9.17, 15) is 0 Å². The zero-order valence-corrected chi connectivity index (χ0v) is 9.63. The van der Waals surface area contributed by atoms with Gasteiger partial charge in [-0.05, 0) is 25.1 Å². The van der Waals surface area contributed by atoms with Gasteiger partial charge in [0.1, 0.15) is 0 Å². The maximum absolute atomic E-state index is 5.32. The number of nitrogens with zero attached hydrogens (tertiary/aromatic N) is 3. The summed E-state index contributed by atoms with van der Waals surface area (Å²) in [6.07, 6.45) is 1.98. The third kappa shape index (κ3) is 5.01. The van der Waals surface area contributed by atoms with Crippen molar-refractivity contribution in [1.29, 1.82) is 0 Å². The molecular formula is C8H16N4O2S. The highest BCUT2D eigenvalue weighted by atomic mass is 32.1. The zero-order valence-electron chi connectivity index (χ0n) is 8.81. The Bertz CT molecular complexity index is 312. The average Bonchev–Trinajstić information content (AvgIpc) is 2.63. The first-order valence-corrected chi connectivity index (χ1v) is 5.30. The highest BCUT2D eigenvalue weighted by molar-refractivity contribution is 7.71. The van der Waals surface area contributed by atoms with Gasteiger partial charge in [0.2, 0.25) is 4.77 Å². The van der Waals surface area contributed by atoms with Gasteiger partial charge in [0.15, 0.2) is 0 Å². The van der Waals surface area contributed by atoms with E-state index >= 15 is 0 Å². The van der Waals surface area contributed by atoms with Gasteiger partial charge in [0, 0.05) is 20.3 Å². The maximum Gasteiger partial charge on any atom is 0.238 e. The van der Waals surface area contributed by atoms with Crippen LogP contribution in [-0.4, -0.2) is 47.1 Å². The molecular weight excluding hydrogens is 216 g/mol. The van der Waals surface area contributed by atoms with Gasteiger partial charge in [-0.25, -0.2) is 4.68 Å². The van der Waals surface area contributed by atoms with E-state index in [4.69, 9.17) is 21.7 Å². The number of ether oxygens (including phenoxy) is 2. The van der Waals surface area contributed by atoms with Crippen molar-refractivity contribution in [1.82, 2.24) is 20.2 Å². The Labute approximate surface area is 93.6 Å². The minimum atomic E-state index is 0.496. The molecule has 0 saturated heterocycles. The summed E-state index contributed by atoms with van der Waals surface area (Å²) in [5, 5.41) is 9.98.